The number of hydrogen-bond donors (Lipinski definition) is 1. The smallest absolute Gasteiger partial charge is 0.261 e. The van der Waals surface area contributed by atoms with E-state index in [1.54, 1.807) is 0 Å². The summed E-state index contributed by atoms with van der Waals surface area (Å²) in [5, 5.41) is 12.0. The Bertz CT molecular complexity index is 280. The molecule has 0 spiro atoms. The minimum absolute atomic E-state index is 0.0869. The van der Waals surface area contributed by atoms with Gasteiger partial charge in [0.25, 0.3) is 5.91 Å². The van der Waals surface area contributed by atoms with Gasteiger partial charge in [0.15, 0.2) is 0 Å². The molecule has 0 aromatic rings. The lowest BCUT2D eigenvalue weighted by atomic mass is 10.0. The zero-order valence-corrected chi connectivity index (χ0v) is 15.3. The van der Waals surface area contributed by atoms with E-state index >= 15 is 0 Å². The molecule has 0 saturated heterocycles. The molecule has 4 nitrogen and oxygen atoms in total. The van der Waals surface area contributed by atoms with Gasteiger partial charge in [0, 0.05) is 6.92 Å². The molecule has 1 unspecified atom stereocenters. The number of nitrogens with zero attached hydrogens (tertiary/aromatic N) is 1. The van der Waals surface area contributed by atoms with Crippen LogP contribution in [0.1, 0.15) is 84.5 Å². The van der Waals surface area contributed by atoms with Crippen LogP contribution in [0, 0.1) is 0 Å². The van der Waals surface area contributed by atoms with Crippen LogP contribution in [0.15, 0.2) is 0 Å². The molecule has 0 aliphatic carbocycles. The molecule has 0 aliphatic rings. The van der Waals surface area contributed by atoms with Crippen LogP contribution in [-0.4, -0.2) is 37.2 Å². The van der Waals surface area contributed by atoms with E-state index in [0.717, 1.165) is 12.8 Å². The van der Waals surface area contributed by atoms with Crippen molar-refractivity contribution in [3.8, 4) is 0 Å². The molecule has 1 N–H and O–H groups in total. The number of hydrogen-bond acceptors (Lipinski definition) is 2. The van der Waals surface area contributed by atoms with Crippen LogP contribution in [0.4, 0.5) is 0 Å². The largest absolute Gasteiger partial charge is 0.848 e. The topological polar surface area (TPSA) is 52.2 Å². The highest BCUT2D eigenvalue weighted by Gasteiger charge is 2.17. The Balaban J connectivity index is 3.45. The number of quaternary nitrogens is 1. The van der Waals surface area contributed by atoms with Gasteiger partial charge < -0.3 is 5.11 Å². The van der Waals surface area contributed by atoms with Gasteiger partial charge in [0.05, 0.1) is 20.6 Å². The van der Waals surface area contributed by atoms with E-state index in [2.05, 4.69) is 12.3 Å². The summed E-state index contributed by atoms with van der Waals surface area (Å²) < 4.78 is 0.279. The summed E-state index contributed by atoms with van der Waals surface area (Å²) in [5.74, 6) is -0.0869. The van der Waals surface area contributed by atoms with Crippen molar-refractivity contribution in [1.82, 2.24) is 5.43 Å². The van der Waals surface area contributed by atoms with E-state index in [4.69, 9.17) is 0 Å². The van der Waals surface area contributed by atoms with Crippen LogP contribution in [0.25, 0.3) is 0 Å². The maximum Gasteiger partial charge on any atom is 0.261 e. The third-order valence-electron chi connectivity index (χ3n) is 4.00. The van der Waals surface area contributed by atoms with Crippen LogP contribution in [0.2, 0.25) is 0 Å². The Hall–Kier alpha value is -0.610. The van der Waals surface area contributed by atoms with Crippen LogP contribution in [0.5, 0.6) is 0 Å². The molecule has 0 radical (unpaired) electrons. The molecule has 4 heteroatoms. The molecule has 0 rings (SSSR count). The van der Waals surface area contributed by atoms with Crippen LogP contribution < -0.4 is 10.5 Å². The second kappa shape index (κ2) is 12.9. The maximum atomic E-state index is 12.0. The zero-order chi connectivity index (χ0) is 16.8. The van der Waals surface area contributed by atoms with Gasteiger partial charge in [-0.1, -0.05) is 83.7 Å². The molecule has 0 aromatic carbocycles. The molecule has 0 bridgehead atoms. The lowest BCUT2D eigenvalue weighted by Gasteiger charge is -2.35. The first-order chi connectivity index (χ1) is 10.4. The maximum absolute atomic E-state index is 12.0. The molecular formula is C18H38N2O2. The summed E-state index contributed by atoms with van der Waals surface area (Å²) in [4.78, 5) is 11.1. The van der Waals surface area contributed by atoms with Gasteiger partial charge in [-0.2, -0.15) is 0 Å². The number of likely N-dealkylation sites (N-methyl/N-ethyl adjacent to an activating group) is 1. The summed E-state index contributed by atoms with van der Waals surface area (Å²) >= 11 is 0. The Morgan fingerprint density at radius 1 is 0.955 bits per heavy atom. The molecule has 0 aromatic heterocycles. The van der Waals surface area contributed by atoms with E-state index < -0.39 is 6.10 Å². The van der Waals surface area contributed by atoms with Crippen molar-refractivity contribution < 1.29 is 14.5 Å². The molecule has 0 aliphatic heterocycles. The van der Waals surface area contributed by atoms with E-state index in [0.29, 0.717) is 6.54 Å². The van der Waals surface area contributed by atoms with Crippen molar-refractivity contribution in [2.45, 2.75) is 90.6 Å². The summed E-state index contributed by atoms with van der Waals surface area (Å²) in [6, 6.07) is 0. The Morgan fingerprint density at radius 2 is 1.41 bits per heavy atom. The van der Waals surface area contributed by atoms with E-state index in [1.807, 2.05) is 14.1 Å². The van der Waals surface area contributed by atoms with Crippen molar-refractivity contribution >= 4 is 5.91 Å². The minimum atomic E-state index is -0.587. The van der Waals surface area contributed by atoms with Gasteiger partial charge >= 0.3 is 0 Å². The fourth-order valence-electron chi connectivity index (χ4n) is 2.93. The lowest BCUT2D eigenvalue weighted by Crippen LogP contribution is -2.58. The fraction of sp³-hybridized carbons (Fsp3) is 0.944. The molecular weight excluding hydrogens is 276 g/mol. The Kier molecular flexibility index (Phi) is 12.5. The number of carbonyl (C=O) groups is 1. The highest BCUT2D eigenvalue weighted by atomic mass is 16.3. The van der Waals surface area contributed by atoms with Crippen molar-refractivity contribution in [1.29, 1.82) is 0 Å². The van der Waals surface area contributed by atoms with Gasteiger partial charge in [0.2, 0.25) is 0 Å². The van der Waals surface area contributed by atoms with E-state index in [1.165, 1.54) is 64.7 Å². The van der Waals surface area contributed by atoms with Crippen molar-refractivity contribution in [2.75, 3.05) is 20.6 Å². The average Bonchev–Trinajstić information content (AvgIpc) is 2.38. The second-order valence-corrected chi connectivity index (χ2v) is 7.13. The summed E-state index contributed by atoms with van der Waals surface area (Å²) in [5.41, 5.74) is 2.79. The molecule has 0 heterocycles. The fourth-order valence-corrected chi connectivity index (χ4v) is 2.93. The molecule has 0 saturated carbocycles. The first-order valence-corrected chi connectivity index (χ1v) is 9.15. The van der Waals surface area contributed by atoms with Crippen molar-refractivity contribution in [2.24, 2.45) is 0 Å². The quantitative estimate of drug-likeness (QED) is 0.304. The van der Waals surface area contributed by atoms with Gasteiger partial charge in [-0.25, -0.2) is 10.0 Å². The molecule has 1 atom stereocenters. The van der Waals surface area contributed by atoms with E-state index in [-0.39, 0.29) is 10.5 Å². The predicted molar refractivity (Wildman–Crippen MR) is 91.0 cm³/mol. The molecule has 0 fully saturated rings. The predicted octanol–water partition coefficient (Wildman–Crippen LogP) is 3.15. The zero-order valence-electron chi connectivity index (χ0n) is 15.3. The second-order valence-electron chi connectivity index (χ2n) is 7.13. The lowest BCUT2D eigenvalue weighted by molar-refractivity contribution is -0.933. The van der Waals surface area contributed by atoms with Gasteiger partial charge in [0.1, 0.15) is 0 Å². The van der Waals surface area contributed by atoms with Gasteiger partial charge in [-0.05, 0) is 0 Å². The number of nitrogens with one attached hydrogen (secondary N) is 1. The minimum Gasteiger partial charge on any atom is -0.848 e. The Labute approximate surface area is 137 Å². The number of rotatable bonds is 14. The number of amides is 1. The SMILES string of the molecule is CCCCCCCCCCCCC([O-])C[N+](C)(C)NC(C)=O. The summed E-state index contributed by atoms with van der Waals surface area (Å²) in [6.45, 7) is 4.19. The number of carbonyl (C=O) groups excluding carboxylic acids is 1. The van der Waals surface area contributed by atoms with Crippen LogP contribution in [0.3, 0.4) is 0 Å². The average molecular weight is 315 g/mol. The first kappa shape index (κ1) is 21.4. The Morgan fingerprint density at radius 3 is 1.86 bits per heavy atom. The summed E-state index contributed by atoms with van der Waals surface area (Å²) in [6.07, 6.45) is 13.0. The number of unbranched alkanes of at least 4 members (excludes halogenated alkanes) is 9. The molecule has 1 amide bonds. The third-order valence-corrected chi connectivity index (χ3v) is 4.00. The highest BCUT2D eigenvalue weighted by molar-refractivity contribution is 5.71. The third kappa shape index (κ3) is 14.3. The van der Waals surface area contributed by atoms with Crippen LogP contribution in [-0.2, 0) is 4.79 Å². The highest BCUT2D eigenvalue weighted by Crippen LogP contribution is 2.12. The van der Waals surface area contributed by atoms with E-state index in [9.17, 15) is 9.90 Å². The summed E-state index contributed by atoms with van der Waals surface area (Å²) in [7, 11) is 3.73. The first-order valence-electron chi connectivity index (χ1n) is 9.15. The molecule has 22 heavy (non-hydrogen) atoms. The van der Waals surface area contributed by atoms with Gasteiger partial charge in [-0.3, -0.25) is 4.79 Å². The standard InChI is InChI=1S/C18H38N2O2/c1-5-6-7-8-9-10-11-12-13-14-15-18(22)16-20(3,4)19-17(2)21/h18H,5-16H2,1-4H3,(H,19,21). The monoisotopic (exact) mass is 314 g/mol. The van der Waals surface area contributed by atoms with Gasteiger partial charge in [-0.15, -0.1) is 0 Å². The molecule has 132 valence electrons. The van der Waals surface area contributed by atoms with Crippen molar-refractivity contribution in [3.05, 3.63) is 0 Å². The van der Waals surface area contributed by atoms with Crippen molar-refractivity contribution in [3.63, 3.8) is 0 Å². The van der Waals surface area contributed by atoms with Crippen LogP contribution >= 0.6 is 0 Å². The normalized spacial score (nSPS) is 13.1.